The van der Waals surface area contributed by atoms with E-state index in [1.807, 2.05) is 0 Å². The van der Waals surface area contributed by atoms with Gasteiger partial charge in [0.2, 0.25) is 5.91 Å². The molecule has 3 aromatic rings. The maximum absolute atomic E-state index is 13.4. The molecule has 0 radical (unpaired) electrons. The molecule has 0 fully saturated rings. The highest BCUT2D eigenvalue weighted by Gasteiger charge is 2.32. The summed E-state index contributed by atoms with van der Waals surface area (Å²) in [5.41, 5.74) is -1.59. The summed E-state index contributed by atoms with van der Waals surface area (Å²) in [5, 5.41) is 5.20. The fourth-order valence-corrected chi connectivity index (χ4v) is 3.44. The molecule has 1 amide bonds. The lowest BCUT2D eigenvalue weighted by Gasteiger charge is -2.17. The Morgan fingerprint density at radius 3 is 2.25 bits per heavy atom. The molecule has 0 bridgehead atoms. The van der Waals surface area contributed by atoms with Crippen LogP contribution in [0.3, 0.4) is 0 Å². The van der Waals surface area contributed by atoms with Crippen LogP contribution >= 0.6 is 23.2 Å². The SMILES string of the molecule is CC(C(=O)Nc1ccc(Cl)cc1C(=O)c1ccccc1)n1nc(C(F)F)c(Cl)c1C(F)F. The third-order valence-corrected chi connectivity index (χ3v) is 5.21. The summed E-state index contributed by atoms with van der Waals surface area (Å²) in [6.45, 7) is 1.19. The van der Waals surface area contributed by atoms with Crippen molar-refractivity contribution in [1.82, 2.24) is 9.78 Å². The third kappa shape index (κ3) is 4.78. The van der Waals surface area contributed by atoms with E-state index in [-0.39, 0.29) is 16.3 Å². The molecule has 11 heteroatoms. The minimum absolute atomic E-state index is 0.0603. The zero-order valence-corrected chi connectivity index (χ0v) is 17.8. The van der Waals surface area contributed by atoms with E-state index in [0.717, 1.165) is 0 Å². The molecule has 1 atom stereocenters. The van der Waals surface area contributed by atoms with E-state index in [0.29, 0.717) is 10.2 Å². The first-order chi connectivity index (χ1) is 15.1. The highest BCUT2D eigenvalue weighted by Crippen LogP contribution is 2.36. The van der Waals surface area contributed by atoms with Crippen molar-refractivity contribution < 1.29 is 27.2 Å². The van der Waals surface area contributed by atoms with Crippen molar-refractivity contribution in [2.75, 3.05) is 5.32 Å². The molecular formula is C21H15Cl2F4N3O2. The number of hydrogen-bond acceptors (Lipinski definition) is 3. The topological polar surface area (TPSA) is 64.0 Å². The highest BCUT2D eigenvalue weighted by atomic mass is 35.5. The van der Waals surface area contributed by atoms with Crippen LogP contribution in [-0.2, 0) is 4.79 Å². The van der Waals surface area contributed by atoms with Crippen molar-refractivity contribution >= 4 is 40.6 Å². The molecule has 0 aliphatic rings. The van der Waals surface area contributed by atoms with E-state index in [4.69, 9.17) is 23.2 Å². The Morgan fingerprint density at radius 1 is 1.00 bits per heavy atom. The van der Waals surface area contributed by atoms with E-state index in [1.165, 1.54) is 25.1 Å². The monoisotopic (exact) mass is 487 g/mol. The van der Waals surface area contributed by atoms with Crippen molar-refractivity contribution in [3.05, 3.63) is 81.1 Å². The molecule has 5 nitrogen and oxygen atoms in total. The Kier molecular flexibility index (Phi) is 7.20. The molecule has 3 rings (SSSR count). The van der Waals surface area contributed by atoms with Gasteiger partial charge in [0.15, 0.2) is 5.78 Å². The molecule has 2 aromatic carbocycles. The normalized spacial score (nSPS) is 12.3. The quantitative estimate of drug-likeness (QED) is 0.305. The van der Waals surface area contributed by atoms with Crippen LogP contribution in [0.1, 0.15) is 53.1 Å². The lowest BCUT2D eigenvalue weighted by molar-refractivity contribution is -0.119. The van der Waals surface area contributed by atoms with Gasteiger partial charge in [0.05, 0.1) is 10.7 Å². The third-order valence-electron chi connectivity index (χ3n) is 4.59. The molecule has 0 spiro atoms. The molecule has 32 heavy (non-hydrogen) atoms. The van der Waals surface area contributed by atoms with Gasteiger partial charge in [-0.2, -0.15) is 5.10 Å². The van der Waals surface area contributed by atoms with Gasteiger partial charge in [-0.05, 0) is 25.1 Å². The first kappa shape index (κ1) is 23.7. The van der Waals surface area contributed by atoms with Crippen LogP contribution in [0.4, 0.5) is 23.2 Å². The molecule has 168 valence electrons. The lowest BCUT2D eigenvalue weighted by Crippen LogP contribution is -2.27. The number of hydrogen-bond donors (Lipinski definition) is 1. The Balaban J connectivity index is 1.95. The molecule has 0 saturated carbocycles. The van der Waals surface area contributed by atoms with Crippen molar-refractivity contribution in [1.29, 1.82) is 0 Å². The predicted octanol–water partition coefficient (Wildman–Crippen LogP) is 6.50. The van der Waals surface area contributed by atoms with Crippen LogP contribution in [0.2, 0.25) is 10.0 Å². The molecule has 0 aliphatic heterocycles. The molecule has 1 aromatic heterocycles. The number of alkyl halides is 4. The van der Waals surface area contributed by atoms with E-state index in [1.54, 1.807) is 30.3 Å². The lowest BCUT2D eigenvalue weighted by atomic mass is 10.0. The zero-order chi connectivity index (χ0) is 23.6. The Labute approximate surface area is 189 Å². The van der Waals surface area contributed by atoms with E-state index in [2.05, 4.69) is 10.4 Å². The van der Waals surface area contributed by atoms with Gasteiger partial charge < -0.3 is 5.32 Å². The first-order valence-corrected chi connectivity index (χ1v) is 9.91. The second kappa shape index (κ2) is 9.70. The van der Waals surface area contributed by atoms with Crippen LogP contribution in [0.25, 0.3) is 0 Å². The van der Waals surface area contributed by atoms with Gasteiger partial charge in [-0.3, -0.25) is 9.59 Å². The van der Waals surface area contributed by atoms with Gasteiger partial charge in [0, 0.05) is 16.1 Å². The minimum Gasteiger partial charge on any atom is -0.324 e. The Hall–Kier alpha value is -2.91. The molecule has 1 unspecified atom stereocenters. The molecule has 0 saturated heterocycles. The van der Waals surface area contributed by atoms with Crippen molar-refractivity contribution in [2.45, 2.75) is 25.8 Å². The number of nitrogens with one attached hydrogen (secondary N) is 1. The summed E-state index contributed by atoms with van der Waals surface area (Å²) < 4.78 is 53.5. The number of anilines is 1. The number of carbonyl (C=O) groups excluding carboxylic acids is 2. The fourth-order valence-electron chi connectivity index (χ4n) is 2.98. The van der Waals surface area contributed by atoms with Gasteiger partial charge in [-0.25, -0.2) is 22.2 Å². The highest BCUT2D eigenvalue weighted by molar-refractivity contribution is 6.32. The molecular weight excluding hydrogens is 473 g/mol. The van der Waals surface area contributed by atoms with Crippen LogP contribution in [0, 0.1) is 0 Å². The van der Waals surface area contributed by atoms with E-state index in [9.17, 15) is 27.2 Å². The molecule has 1 heterocycles. The van der Waals surface area contributed by atoms with Gasteiger partial charge in [-0.1, -0.05) is 53.5 Å². The number of ketones is 1. The number of carbonyl (C=O) groups is 2. The largest absolute Gasteiger partial charge is 0.324 e. The van der Waals surface area contributed by atoms with Crippen molar-refractivity contribution in [3.8, 4) is 0 Å². The number of aromatic nitrogens is 2. The summed E-state index contributed by atoms with van der Waals surface area (Å²) in [6, 6.07) is 10.9. The Morgan fingerprint density at radius 2 is 1.66 bits per heavy atom. The fraction of sp³-hybridized carbons (Fsp3) is 0.190. The summed E-state index contributed by atoms with van der Waals surface area (Å²) in [7, 11) is 0. The predicted molar refractivity (Wildman–Crippen MR) is 112 cm³/mol. The second-order valence-electron chi connectivity index (χ2n) is 6.68. The van der Waals surface area contributed by atoms with Gasteiger partial charge in [0.1, 0.15) is 17.4 Å². The van der Waals surface area contributed by atoms with Crippen LogP contribution in [0.5, 0.6) is 0 Å². The number of amides is 1. The average molecular weight is 488 g/mol. The molecule has 0 aliphatic carbocycles. The Bertz CT molecular complexity index is 1150. The summed E-state index contributed by atoms with van der Waals surface area (Å²) in [4.78, 5) is 25.7. The first-order valence-electron chi connectivity index (χ1n) is 9.16. The smallest absolute Gasteiger partial charge is 0.283 e. The number of halogens is 6. The number of rotatable bonds is 7. The van der Waals surface area contributed by atoms with E-state index < -0.39 is 47.0 Å². The van der Waals surface area contributed by atoms with Crippen LogP contribution in [-0.4, -0.2) is 21.5 Å². The maximum atomic E-state index is 13.4. The number of benzene rings is 2. The van der Waals surface area contributed by atoms with Crippen molar-refractivity contribution in [2.24, 2.45) is 0 Å². The van der Waals surface area contributed by atoms with Crippen molar-refractivity contribution in [3.63, 3.8) is 0 Å². The minimum atomic E-state index is -3.25. The van der Waals surface area contributed by atoms with Crippen LogP contribution < -0.4 is 5.32 Å². The summed E-state index contributed by atoms with van der Waals surface area (Å²) in [5.74, 6) is -1.32. The second-order valence-corrected chi connectivity index (χ2v) is 7.50. The van der Waals surface area contributed by atoms with Gasteiger partial charge in [-0.15, -0.1) is 0 Å². The summed E-state index contributed by atoms with van der Waals surface area (Å²) >= 11 is 11.6. The van der Waals surface area contributed by atoms with E-state index >= 15 is 0 Å². The van der Waals surface area contributed by atoms with Gasteiger partial charge >= 0.3 is 0 Å². The van der Waals surface area contributed by atoms with Gasteiger partial charge in [0.25, 0.3) is 12.9 Å². The maximum Gasteiger partial charge on any atom is 0.283 e. The summed E-state index contributed by atoms with van der Waals surface area (Å²) in [6.07, 6.45) is -6.45. The zero-order valence-electron chi connectivity index (χ0n) is 16.3. The standard InChI is InChI=1S/C21H15Cl2F4N3O2/c1-10(30-17(20(26)27)15(23)16(29-30)19(24)25)21(32)28-14-8-7-12(22)9-13(14)18(31)11-5-3-2-4-6-11/h2-10,19-20H,1H3,(H,28,32). The number of nitrogens with zero attached hydrogens (tertiary/aromatic N) is 2. The molecule has 1 N–H and O–H groups in total. The average Bonchev–Trinajstić information content (AvgIpc) is 3.12. The van der Waals surface area contributed by atoms with Crippen LogP contribution in [0.15, 0.2) is 48.5 Å².